The Morgan fingerprint density at radius 1 is 0.464 bits per heavy atom. The fraction of sp³-hybridized carbons (Fsp3) is 0.0213. The topological polar surface area (TPSA) is 288 Å². The summed E-state index contributed by atoms with van der Waals surface area (Å²) in [4.78, 5) is -0.613. The Bertz CT molecular complexity index is 4280. The van der Waals surface area contributed by atoms with Gasteiger partial charge in [0.05, 0.1) is 33.3 Å². The van der Waals surface area contributed by atoms with E-state index in [0.717, 1.165) is 17.0 Å². The standard InChI is InChI=1S/C47H31N9O10S3/c1-26-22-29(12-17-38(26)49-50-39-19-20-40(35-9-5-4-8-34(35)39)51-53-46-32-7-3-2-6-27(32)11-21-43(46)68(61,62)63)48-52-42-16-10-28-23-30(13-14-33(28)47(42)57)56-54-41-18-15-36-37(45(41)55-56)24-31(67(58,59)60)25-44(36)69(64,65)66/h2-25,57H,1H3,(H,58,59,60)(H,61,62,63)(H,64,65,66). The SMILES string of the molecule is Cc1cc(N=Nc2ccc3cc(-n4nc5ccc6c(S(=O)(=O)O)cc(S(=O)(=O)O)cc6c5n4)ccc3c2O)ccc1N=Nc1ccc(N=Nc2c(S(=O)(=O)O)ccc3ccccc23)c2ccccc12. The molecule has 0 radical (unpaired) electrons. The quantitative estimate of drug-likeness (QED) is 0.0735. The van der Waals surface area contributed by atoms with Crippen LogP contribution < -0.4 is 0 Å². The largest absolute Gasteiger partial charge is 0.505 e. The second kappa shape index (κ2) is 16.8. The Morgan fingerprint density at radius 3 is 1.77 bits per heavy atom. The van der Waals surface area contributed by atoms with Crippen molar-refractivity contribution in [1.82, 2.24) is 15.0 Å². The summed E-state index contributed by atoms with van der Waals surface area (Å²) >= 11 is 0. The molecule has 22 heteroatoms. The molecule has 0 fully saturated rings. The molecule has 10 rings (SSSR count). The van der Waals surface area contributed by atoms with Gasteiger partial charge >= 0.3 is 0 Å². The number of azo groups is 3. The lowest BCUT2D eigenvalue weighted by Crippen LogP contribution is -2.04. The number of aryl methyl sites for hydroxylation is 1. The smallest absolute Gasteiger partial charge is 0.296 e. The van der Waals surface area contributed by atoms with Crippen LogP contribution in [-0.4, -0.2) is 59.0 Å². The second-order valence-electron chi connectivity index (χ2n) is 15.6. The van der Waals surface area contributed by atoms with E-state index in [2.05, 4.69) is 40.9 Å². The summed E-state index contributed by atoms with van der Waals surface area (Å²) in [6.07, 6.45) is 0. The van der Waals surface area contributed by atoms with E-state index in [1.807, 2.05) is 37.3 Å². The molecule has 69 heavy (non-hydrogen) atoms. The summed E-state index contributed by atoms with van der Waals surface area (Å²) in [6, 6.07) is 38.6. The van der Waals surface area contributed by atoms with Gasteiger partial charge < -0.3 is 5.11 Å². The van der Waals surface area contributed by atoms with Gasteiger partial charge in [-0.05, 0) is 102 Å². The number of benzene rings is 9. The zero-order valence-corrected chi connectivity index (χ0v) is 37.8. The molecule has 0 saturated carbocycles. The highest BCUT2D eigenvalue weighted by molar-refractivity contribution is 7.87. The molecule has 1 heterocycles. The van der Waals surface area contributed by atoms with Gasteiger partial charge in [-0.1, -0.05) is 66.7 Å². The lowest BCUT2D eigenvalue weighted by Gasteiger charge is -2.07. The zero-order chi connectivity index (χ0) is 48.4. The average Bonchev–Trinajstić information content (AvgIpc) is 3.77. The van der Waals surface area contributed by atoms with E-state index in [-0.39, 0.29) is 43.8 Å². The van der Waals surface area contributed by atoms with Gasteiger partial charge in [-0.25, -0.2) is 0 Å². The highest BCUT2D eigenvalue weighted by Gasteiger charge is 2.23. The van der Waals surface area contributed by atoms with E-state index in [9.17, 15) is 44.0 Å². The summed E-state index contributed by atoms with van der Waals surface area (Å²) in [6.45, 7) is 1.83. The Labute approximate surface area is 390 Å². The molecule has 19 nitrogen and oxygen atoms in total. The van der Waals surface area contributed by atoms with Crippen LogP contribution in [0.25, 0.3) is 59.8 Å². The van der Waals surface area contributed by atoms with Crippen molar-refractivity contribution >= 4 is 119 Å². The molecule has 4 N–H and O–H groups in total. The van der Waals surface area contributed by atoms with Crippen molar-refractivity contribution in [3.8, 4) is 11.4 Å². The fourth-order valence-electron chi connectivity index (χ4n) is 7.85. The molecule has 9 aromatic carbocycles. The van der Waals surface area contributed by atoms with E-state index in [1.54, 1.807) is 84.9 Å². The van der Waals surface area contributed by atoms with E-state index >= 15 is 0 Å². The van der Waals surface area contributed by atoms with Crippen LogP contribution in [0.5, 0.6) is 5.75 Å². The molecular formula is C47H31N9O10S3. The number of rotatable bonds is 10. The lowest BCUT2D eigenvalue weighted by molar-refractivity contribution is 0.479. The van der Waals surface area contributed by atoms with E-state index in [1.165, 1.54) is 23.0 Å². The van der Waals surface area contributed by atoms with Crippen LogP contribution in [0.3, 0.4) is 0 Å². The van der Waals surface area contributed by atoms with Crippen LogP contribution in [0.2, 0.25) is 0 Å². The molecule has 342 valence electrons. The fourth-order valence-corrected chi connectivity index (χ4v) is 9.83. The first kappa shape index (κ1) is 44.6. The number of phenolic OH excluding ortho intramolecular Hbond substituents is 1. The number of hydrogen-bond donors (Lipinski definition) is 4. The van der Waals surface area contributed by atoms with Crippen LogP contribution in [0.1, 0.15) is 5.56 Å². The molecule has 0 bridgehead atoms. The second-order valence-corrected chi connectivity index (χ2v) is 19.8. The molecular weight excluding hydrogens is 947 g/mol. The summed E-state index contributed by atoms with van der Waals surface area (Å²) in [7, 11) is -14.4. The molecule has 10 aromatic rings. The molecule has 0 aliphatic rings. The van der Waals surface area contributed by atoms with Crippen LogP contribution in [0.15, 0.2) is 191 Å². The van der Waals surface area contributed by atoms with Crippen molar-refractivity contribution in [2.24, 2.45) is 30.7 Å². The first-order chi connectivity index (χ1) is 32.9. The van der Waals surface area contributed by atoms with Crippen molar-refractivity contribution in [1.29, 1.82) is 0 Å². The van der Waals surface area contributed by atoms with E-state index < -0.39 is 40.1 Å². The third kappa shape index (κ3) is 8.54. The third-order valence-electron chi connectivity index (χ3n) is 11.2. The van der Waals surface area contributed by atoms with Gasteiger partial charge in [0.1, 0.15) is 32.2 Å². The number of aromatic hydroxyl groups is 1. The maximum absolute atomic E-state index is 12.3. The first-order valence-corrected chi connectivity index (χ1v) is 24.6. The van der Waals surface area contributed by atoms with E-state index in [0.29, 0.717) is 61.4 Å². The highest BCUT2D eigenvalue weighted by atomic mass is 32.2. The van der Waals surface area contributed by atoms with E-state index in [4.69, 9.17) is 0 Å². The lowest BCUT2D eigenvalue weighted by atomic mass is 10.1. The monoisotopic (exact) mass is 977 g/mol. The average molecular weight is 978 g/mol. The molecule has 0 spiro atoms. The van der Waals surface area contributed by atoms with Gasteiger partial charge in [0.15, 0.2) is 5.75 Å². The van der Waals surface area contributed by atoms with Crippen molar-refractivity contribution in [3.05, 3.63) is 151 Å². The van der Waals surface area contributed by atoms with Crippen LogP contribution in [-0.2, 0) is 30.4 Å². The Morgan fingerprint density at radius 2 is 1.07 bits per heavy atom. The van der Waals surface area contributed by atoms with Gasteiger partial charge in [0.25, 0.3) is 30.4 Å². The van der Waals surface area contributed by atoms with Crippen molar-refractivity contribution in [2.75, 3.05) is 0 Å². The molecule has 0 saturated heterocycles. The van der Waals surface area contributed by atoms with Crippen molar-refractivity contribution < 1.29 is 44.0 Å². The zero-order valence-electron chi connectivity index (χ0n) is 35.3. The third-order valence-corrected chi connectivity index (χ3v) is 13.8. The maximum atomic E-state index is 12.3. The molecule has 0 aliphatic carbocycles. The number of hydrogen-bond acceptors (Lipinski definition) is 15. The minimum Gasteiger partial charge on any atom is -0.505 e. The molecule has 0 aliphatic heterocycles. The Hall–Kier alpha value is -8.25. The summed E-state index contributed by atoms with van der Waals surface area (Å²) < 4.78 is 102. The number of aromatic nitrogens is 3. The molecule has 0 atom stereocenters. The minimum absolute atomic E-state index is 0.00302. The number of fused-ring (bicyclic) bond motifs is 6. The van der Waals surface area contributed by atoms with Crippen molar-refractivity contribution in [3.63, 3.8) is 0 Å². The number of phenols is 1. The Kier molecular flexibility index (Phi) is 10.9. The van der Waals surface area contributed by atoms with Crippen LogP contribution in [0, 0.1) is 6.92 Å². The Balaban J connectivity index is 0.889. The van der Waals surface area contributed by atoms with Crippen molar-refractivity contribution in [2.45, 2.75) is 21.6 Å². The summed E-state index contributed by atoms with van der Waals surface area (Å²) in [5.41, 5.74) is 3.70. The van der Waals surface area contributed by atoms with Gasteiger partial charge in [-0.15, -0.1) is 30.7 Å². The first-order valence-electron chi connectivity index (χ1n) is 20.3. The van der Waals surface area contributed by atoms with Gasteiger partial charge in [-0.2, -0.15) is 40.3 Å². The maximum Gasteiger partial charge on any atom is 0.296 e. The predicted molar refractivity (Wildman–Crippen MR) is 257 cm³/mol. The number of nitrogens with zero attached hydrogens (tertiary/aromatic N) is 9. The normalized spacial score (nSPS) is 12.9. The predicted octanol–water partition coefficient (Wildman–Crippen LogP) is 12.0. The van der Waals surface area contributed by atoms with Gasteiger partial charge in [-0.3, -0.25) is 13.7 Å². The molecule has 1 aromatic heterocycles. The van der Waals surface area contributed by atoms with Gasteiger partial charge in [0, 0.05) is 32.3 Å². The van der Waals surface area contributed by atoms with Crippen LogP contribution in [0.4, 0.5) is 34.1 Å². The highest BCUT2D eigenvalue weighted by Crippen LogP contribution is 2.40. The molecule has 0 unspecified atom stereocenters. The summed E-state index contributed by atoms with van der Waals surface area (Å²) in [5.74, 6) is -0.152. The summed E-state index contributed by atoms with van der Waals surface area (Å²) in [5, 5.41) is 50.1. The van der Waals surface area contributed by atoms with Crippen LogP contribution >= 0.6 is 0 Å². The molecule has 0 amide bonds. The minimum atomic E-state index is -4.91. The van der Waals surface area contributed by atoms with Gasteiger partial charge in [0.2, 0.25) is 0 Å².